The average Bonchev–Trinajstić information content (AvgIpc) is 2.17. The van der Waals surface area contributed by atoms with Gasteiger partial charge in [-0.15, -0.1) is 0 Å². The number of carboxylic acid groups (broad SMARTS) is 1. The molecule has 0 aromatic heterocycles. The summed E-state index contributed by atoms with van der Waals surface area (Å²) in [4.78, 5) is 12.8. The van der Waals surface area contributed by atoms with E-state index in [1.165, 1.54) is 19.3 Å². The Kier molecular flexibility index (Phi) is 4.58. The van der Waals surface area contributed by atoms with Gasteiger partial charge in [0.2, 0.25) is 0 Å². The monoisotopic (exact) mass is 213 g/mol. The van der Waals surface area contributed by atoms with Crippen LogP contribution < -0.4 is 0 Å². The predicted molar refractivity (Wildman–Crippen MR) is 60.9 cm³/mol. The average molecular weight is 213 g/mol. The van der Waals surface area contributed by atoms with Crippen LogP contribution >= 0.6 is 0 Å². The van der Waals surface area contributed by atoms with Crippen molar-refractivity contribution in [3.8, 4) is 0 Å². The van der Waals surface area contributed by atoms with Gasteiger partial charge in [-0.2, -0.15) is 0 Å². The van der Waals surface area contributed by atoms with Gasteiger partial charge < -0.3 is 10.0 Å². The normalized spacial score (nSPS) is 27.9. The van der Waals surface area contributed by atoms with Crippen molar-refractivity contribution in [2.24, 2.45) is 5.41 Å². The molecule has 1 atom stereocenters. The molecule has 3 heteroatoms. The molecule has 1 rings (SSSR count). The topological polar surface area (TPSA) is 40.5 Å². The molecule has 88 valence electrons. The van der Waals surface area contributed by atoms with Crippen molar-refractivity contribution in [2.75, 3.05) is 19.6 Å². The summed E-state index contributed by atoms with van der Waals surface area (Å²) < 4.78 is 0. The first kappa shape index (κ1) is 12.5. The van der Waals surface area contributed by atoms with E-state index >= 15 is 0 Å². The second-order valence-electron chi connectivity index (χ2n) is 5.04. The van der Waals surface area contributed by atoms with Crippen molar-refractivity contribution in [2.45, 2.75) is 46.0 Å². The van der Waals surface area contributed by atoms with E-state index in [0.717, 1.165) is 26.1 Å². The Morgan fingerprint density at radius 2 is 2.27 bits per heavy atom. The maximum Gasteiger partial charge on any atom is 0.303 e. The molecular formula is C12H23NO2. The minimum absolute atomic E-state index is 0.305. The summed E-state index contributed by atoms with van der Waals surface area (Å²) in [6, 6.07) is 0. The molecule has 15 heavy (non-hydrogen) atoms. The number of piperidine rings is 1. The Balaban J connectivity index is 2.27. The highest BCUT2D eigenvalue weighted by Crippen LogP contribution is 2.32. The molecule has 1 aliphatic heterocycles. The quantitative estimate of drug-likeness (QED) is 0.762. The van der Waals surface area contributed by atoms with Crippen LogP contribution in [0.3, 0.4) is 0 Å². The molecule has 0 aromatic carbocycles. The van der Waals surface area contributed by atoms with E-state index in [1.807, 2.05) is 0 Å². The fourth-order valence-electron chi connectivity index (χ4n) is 2.36. The lowest BCUT2D eigenvalue weighted by Gasteiger charge is -2.40. The molecule has 1 unspecified atom stereocenters. The molecule has 1 aliphatic rings. The van der Waals surface area contributed by atoms with Crippen LogP contribution in [0.15, 0.2) is 0 Å². The number of hydrogen-bond donors (Lipinski definition) is 1. The number of aliphatic carboxylic acids is 1. The molecule has 0 spiro atoms. The molecule has 0 aromatic rings. The Morgan fingerprint density at radius 3 is 2.87 bits per heavy atom. The molecule has 1 fully saturated rings. The number of nitrogens with zero attached hydrogens (tertiary/aromatic N) is 1. The van der Waals surface area contributed by atoms with Gasteiger partial charge in [0.15, 0.2) is 0 Å². The first-order valence-electron chi connectivity index (χ1n) is 6.00. The van der Waals surface area contributed by atoms with E-state index in [1.54, 1.807) is 0 Å². The third kappa shape index (κ3) is 4.20. The second kappa shape index (κ2) is 5.50. The fourth-order valence-corrected chi connectivity index (χ4v) is 2.36. The van der Waals surface area contributed by atoms with Gasteiger partial charge in [0.1, 0.15) is 0 Å². The Bertz CT molecular complexity index is 218. The number of likely N-dealkylation sites (tertiary alicyclic amines) is 1. The van der Waals surface area contributed by atoms with Crippen molar-refractivity contribution < 1.29 is 9.90 Å². The van der Waals surface area contributed by atoms with E-state index in [2.05, 4.69) is 18.7 Å². The van der Waals surface area contributed by atoms with Crippen LogP contribution in [0.4, 0.5) is 0 Å². The third-order valence-electron chi connectivity index (χ3n) is 3.58. The van der Waals surface area contributed by atoms with Crippen molar-refractivity contribution in [3.05, 3.63) is 0 Å². The lowest BCUT2D eigenvalue weighted by Crippen LogP contribution is -2.41. The lowest BCUT2D eigenvalue weighted by molar-refractivity contribution is -0.137. The van der Waals surface area contributed by atoms with E-state index < -0.39 is 5.97 Å². The molecule has 0 saturated carbocycles. The molecule has 1 heterocycles. The molecule has 0 radical (unpaired) electrons. The minimum Gasteiger partial charge on any atom is -0.481 e. The molecule has 0 amide bonds. The van der Waals surface area contributed by atoms with Crippen LogP contribution in [0, 0.1) is 5.41 Å². The smallest absolute Gasteiger partial charge is 0.303 e. The maximum atomic E-state index is 10.4. The summed E-state index contributed by atoms with van der Waals surface area (Å²) in [5.74, 6) is -0.676. The SMILES string of the molecule is CCC1(C)CCCN(CCCC(=O)O)C1. The number of carboxylic acids is 1. The predicted octanol–water partition coefficient (Wildman–Crippen LogP) is 2.36. The number of hydrogen-bond acceptors (Lipinski definition) is 2. The summed E-state index contributed by atoms with van der Waals surface area (Å²) >= 11 is 0. The Hall–Kier alpha value is -0.570. The zero-order valence-electron chi connectivity index (χ0n) is 9.96. The highest BCUT2D eigenvalue weighted by Gasteiger charge is 2.28. The van der Waals surface area contributed by atoms with Gasteiger partial charge >= 0.3 is 5.97 Å². The molecular weight excluding hydrogens is 190 g/mol. The van der Waals surface area contributed by atoms with E-state index in [9.17, 15) is 4.79 Å². The zero-order chi connectivity index (χ0) is 11.3. The first-order chi connectivity index (χ1) is 7.06. The Labute approximate surface area is 92.5 Å². The van der Waals surface area contributed by atoms with E-state index in [4.69, 9.17) is 5.11 Å². The first-order valence-corrected chi connectivity index (χ1v) is 6.00. The lowest BCUT2D eigenvalue weighted by atomic mass is 9.79. The highest BCUT2D eigenvalue weighted by molar-refractivity contribution is 5.66. The van der Waals surface area contributed by atoms with Crippen LogP contribution in [-0.4, -0.2) is 35.6 Å². The van der Waals surface area contributed by atoms with Gasteiger partial charge in [-0.1, -0.05) is 13.8 Å². The fraction of sp³-hybridized carbons (Fsp3) is 0.917. The van der Waals surface area contributed by atoms with Gasteiger partial charge in [0.05, 0.1) is 0 Å². The van der Waals surface area contributed by atoms with Gasteiger partial charge in [-0.3, -0.25) is 4.79 Å². The van der Waals surface area contributed by atoms with Gasteiger partial charge in [-0.25, -0.2) is 0 Å². The zero-order valence-corrected chi connectivity index (χ0v) is 9.96. The molecule has 0 bridgehead atoms. The van der Waals surface area contributed by atoms with E-state index in [-0.39, 0.29) is 0 Å². The largest absolute Gasteiger partial charge is 0.481 e. The minimum atomic E-state index is -0.676. The van der Waals surface area contributed by atoms with E-state index in [0.29, 0.717) is 11.8 Å². The summed E-state index contributed by atoms with van der Waals surface area (Å²) in [5, 5.41) is 8.57. The van der Waals surface area contributed by atoms with Crippen LogP contribution in [0.2, 0.25) is 0 Å². The Morgan fingerprint density at radius 1 is 1.53 bits per heavy atom. The van der Waals surface area contributed by atoms with Crippen LogP contribution in [0.5, 0.6) is 0 Å². The van der Waals surface area contributed by atoms with Gasteiger partial charge in [-0.05, 0) is 44.2 Å². The van der Waals surface area contributed by atoms with Crippen molar-refractivity contribution in [1.29, 1.82) is 0 Å². The van der Waals surface area contributed by atoms with Crippen molar-refractivity contribution in [1.82, 2.24) is 4.90 Å². The molecule has 0 aliphatic carbocycles. The molecule has 1 saturated heterocycles. The standard InChI is InChI=1S/C12H23NO2/c1-3-12(2)7-5-9-13(10-12)8-4-6-11(14)15/h3-10H2,1-2H3,(H,14,15). The van der Waals surface area contributed by atoms with Gasteiger partial charge in [0.25, 0.3) is 0 Å². The second-order valence-corrected chi connectivity index (χ2v) is 5.04. The van der Waals surface area contributed by atoms with Crippen molar-refractivity contribution in [3.63, 3.8) is 0 Å². The maximum absolute atomic E-state index is 10.4. The third-order valence-corrected chi connectivity index (χ3v) is 3.58. The summed E-state index contributed by atoms with van der Waals surface area (Å²) in [6.07, 6.45) is 4.90. The van der Waals surface area contributed by atoms with Crippen LogP contribution in [-0.2, 0) is 4.79 Å². The molecule has 3 nitrogen and oxygen atoms in total. The van der Waals surface area contributed by atoms with Crippen LogP contribution in [0.1, 0.15) is 46.0 Å². The number of rotatable bonds is 5. The van der Waals surface area contributed by atoms with Gasteiger partial charge in [0, 0.05) is 13.0 Å². The highest BCUT2D eigenvalue weighted by atomic mass is 16.4. The molecule has 1 N–H and O–H groups in total. The summed E-state index contributed by atoms with van der Waals surface area (Å²) in [6.45, 7) is 7.83. The summed E-state index contributed by atoms with van der Waals surface area (Å²) in [5.41, 5.74) is 0.460. The van der Waals surface area contributed by atoms with Crippen molar-refractivity contribution >= 4 is 5.97 Å². The summed E-state index contributed by atoms with van der Waals surface area (Å²) in [7, 11) is 0. The number of carbonyl (C=O) groups is 1. The van der Waals surface area contributed by atoms with Crippen LogP contribution in [0.25, 0.3) is 0 Å².